The Labute approximate surface area is 215 Å². The topological polar surface area (TPSA) is 96.2 Å². The highest BCUT2D eigenvalue weighted by atomic mass is 35.5. The average molecular weight is 527 g/mol. The second-order valence-electron chi connectivity index (χ2n) is 7.86. The van der Waals surface area contributed by atoms with E-state index in [1.807, 2.05) is 6.07 Å². The van der Waals surface area contributed by atoms with E-state index in [1.54, 1.807) is 56.3 Å². The fourth-order valence-corrected chi connectivity index (χ4v) is 5.19. The molecule has 0 bridgehead atoms. The third-order valence-electron chi connectivity index (χ3n) is 5.42. The molecule has 0 saturated heterocycles. The molecular formula is C26H23ClN2O6S. The predicted molar refractivity (Wildman–Crippen MR) is 136 cm³/mol. The van der Waals surface area contributed by atoms with Crippen LogP contribution in [0.25, 0.3) is 6.08 Å². The maximum atomic E-state index is 13.7. The summed E-state index contributed by atoms with van der Waals surface area (Å²) in [6.45, 7) is 4.87. The number of hydrogen-bond donors (Lipinski definition) is 0. The molecule has 1 aromatic heterocycles. The second kappa shape index (κ2) is 10.5. The highest BCUT2D eigenvalue weighted by Crippen LogP contribution is 2.36. The van der Waals surface area contributed by atoms with Gasteiger partial charge >= 0.3 is 11.9 Å². The number of methoxy groups -OCH3 is 1. The molecule has 0 unspecified atom stereocenters. The summed E-state index contributed by atoms with van der Waals surface area (Å²) in [5.41, 5.74) is 1.69. The molecule has 0 amide bonds. The molecule has 1 aliphatic rings. The molecule has 36 heavy (non-hydrogen) atoms. The first-order valence-corrected chi connectivity index (χ1v) is 12.2. The van der Waals surface area contributed by atoms with Crippen molar-refractivity contribution in [2.45, 2.75) is 26.8 Å². The fraction of sp³-hybridized carbons (Fsp3) is 0.231. The molecule has 10 heteroatoms. The van der Waals surface area contributed by atoms with Crippen LogP contribution in [-0.4, -0.2) is 30.2 Å². The van der Waals surface area contributed by atoms with Crippen molar-refractivity contribution >= 4 is 41.0 Å². The summed E-state index contributed by atoms with van der Waals surface area (Å²) in [4.78, 5) is 43.2. The number of esters is 2. The van der Waals surface area contributed by atoms with Crippen LogP contribution in [0.2, 0.25) is 5.02 Å². The quantitative estimate of drug-likeness (QED) is 0.361. The molecule has 1 atom stereocenters. The molecule has 0 radical (unpaired) electrons. The van der Waals surface area contributed by atoms with E-state index < -0.39 is 18.0 Å². The van der Waals surface area contributed by atoms with Gasteiger partial charge in [-0.1, -0.05) is 41.1 Å². The number of hydrogen-bond acceptors (Lipinski definition) is 8. The molecule has 0 spiro atoms. The third-order valence-corrected chi connectivity index (χ3v) is 6.64. The van der Waals surface area contributed by atoms with Crippen molar-refractivity contribution in [2.75, 3.05) is 13.7 Å². The summed E-state index contributed by atoms with van der Waals surface area (Å²) in [5.74, 6) is -0.573. The monoisotopic (exact) mass is 526 g/mol. The van der Waals surface area contributed by atoms with E-state index in [2.05, 4.69) is 4.99 Å². The normalized spacial score (nSPS) is 15.2. The predicted octanol–water partition coefficient (Wildman–Crippen LogP) is 3.39. The minimum Gasteiger partial charge on any atom is -0.493 e. The van der Waals surface area contributed by atoms with Crippen LogP contribution in [-0.2, 0) is 14.3 Å². The van der Waals surface area contributed by atoms with E-state index in [1.165, 1.54) is 29.9 Å². The number of carbonyl (C=O) groups excluding carboxylic acids is 2. The number of ether oxygens (including phenoxy) is 3. The average Bonchev–Trinajstić information content (AvgIpc) is 3.12. The Balaban J connectivity index is 1.95. The van der Waals surface area contributed by atoms with E-state index in [-0.39, 0.29) is 29.2 Å². The largest absolute Gasteiger partial charge is 0.493 e. The summed E-state index contributed by atoms with van der Waals surface area (Å²) < 4.78 is 17.9. The molecule has 186 valence electrons. The molecule has 0 N–H and O–H groups in total. The molecule has 2 aromatic carbocycles. The molecule has 0 saturated carbocycles. The van der Waals surface area contributed by atoms with Gasteiger partial charge < -0.3 is 14.2 Å². The van der Waals surface area contributed by atoms with Gasteiger partial charge in [0.25, 0.3) is 5.56 Å². The Morgan fingerprint density at radius 3 is 2.64 bits per heavy atom. The molecule has 3 aromatic rings. The fourth-order valence-electron chi connectivity index (χ4n) is 3.95. The number of fused-ring (bicyclic) bond motifs is 1. The van der Waals surface area contributed by atoms with E-state index in [0.29, 0.717) is 25.6 Å². The number of aromatic nitrogens is 1. The van der Waals surface area contributed by atoms with Gasteiger partial charge in [0, 0.05) is 11.9 Å². The number of carbonyl (C=O) groups is 2. The number of halogens is 1. The molecule has 0 fully saturated rings. The van der Waals surface area contributed by atoms with Gasteiger partial charge in [0.15, 0.2) is 16.3 Å². The SMILES string of the molecule is CCOC(=O)C1=C(C)N=c2s/c(=C/c3cccc(Cl)c3)c(=O)n2[C@@H]1c1ccc(OC(C)=O)c(OC)c1. The minimum absolute atomic E-state index is 0.163. The lowest BCUT2D eigenvalue weighted by Crippen LogP contribution is -2.40. The van der Waals surface area contributed by atoms with Crippen LogP contribution in [0.3, 0.4) is 0 Å². The molecule has 2 heterocycles. The Bertz CT molecular complexity index is 1570. The van der Waals surface area contributed by atoms with Crippen LogP contribution < -0.4 is 24.4 Å². The zero-order valence-corrected chi connectivity index (χ0v) is 21.6. The van der Waals surface area contributed by atoms with Gasteiger partial charge in [0.05, 0.1) is 35.6 Å². The number of allylic oxidation sites excluding steroid dienone is 1. The number of benzene rings is 2. The number of rotatable bonds is 6. The Morgan fingerprint density at radius 1 is 1.19 bits per heavy atom. The standard InChI is InChI=1S/C26H23ClN2O6S/c1-5-34-25(32)22-14(2)28-26-29(24(31)21(36-26)12-16-7-6-8-18(27)11-16)23(22)17-9-10-19(35-15(3)30)20(13-17)33-4/h6-13,23H,5H2,1-4H3/b21-12+/t23-/m1/s1. The molecular weight excluding hydrogens is 504 g/mol. The van der Waals surface area contributed by atoms with Gasteiger partial charge in [0.2, 0.25) is 0 Å². The van der Waals surface area contributed by atoms with Crippen molar-refractivity contribution in [3.8, 4) is 11.5 Å². The van der Waals surface area contributed by atoms with Crippen molar-refractivity contribution in [1.82, 2.24) is 4.57 Å². The third kappa shape index (κ3) is 4.98. The van der Waals surface area contributed by atoms with Gasteiger partial charge in [-0.15, -0.1) is 0 Å². The van der Waals surface area contributed by atoms with Crippen molar-refractivity contribution < 1.29 is 23.8 Å². The Hall–Kier alpha value is -3.69. The molecule has 0 aliphatic carbocycles. The smallest absolute Gasteiger partial charge is 0.338 e. The lowest BCUT2D eigenvalue weighted by Gasteiger charge is -2.25. The zero-order chi connectivity index (χ0) is 26.0. The van der Waals surface area contributed by atoms with Gasteiger partial charge in [-0.3, -0.25) is 14.2 Å². The second-order valence-corrected chi connectivity index (χ2v) is 9.31. The van der Waals surface area contributed by atoms with Crippen LogP contribution in [0, 0.1) is 0 Å². The van der Waals surface area contributed by atoms with E-state index in [0.717, 1.165) is 5.56 Å². The van der Waals surface area contributed by atoms with Crippen molar-refractivity contribution in [2.24, 2.45) is 4.99 Å². The first kappa shape index (κ1) is 25.4. The van der Waals surface area contributed by atoms with Crippen molar-refractivity contribution in [3.63, 3.8) is 0 Å². The first-order chi connectivity index (χ1) is 17.2. The summed E-state index contributed by atoms with van der Waals surface area (Å²) >= 11 is 7.32. The van der Waals surface area contributed by atoms with E-state index in [9.17, 15) is 14.4 Å². The van der Waals surface area contributed by atoms with Crippen LogP contribution in [0.5, 0.6) is 11.5 Å². The van der Waals surface area contributed by atoms with Gasteiger partial charge in [-0.05, 0) is 55.3 Å². The van der Waals surface area contributed by atoms with Gasteiger partial charge in [-0.25, -0.2) is 9.79 Å². The molecule has 4 rings (SSSR count). The minimum atomic E-state index is -0.831. The summed E-state index contributed by atoms with van der Waals surface area (Å²) in [6.07, 6.45) is 1.74. The molecule has 1 aliphatic heterocycles. The van der Waals surface area contributed by atoms with Gasteiger partial charge in [0.1, 0.15) is 0 Å². The van der Waals surface area contributed by atoms with E-state index >= 15 is 0 Å². The summed E-state index contributed by atoms with van der Waals surface area (Å²) in [7, 11) is 1.44. The highest BCUT2D eigenvalue weighted by Gasteiger charge is 2.34. The zero-order valence-electron chi connectivity index (χ0n) is 20.0. The maximum absolute atomic E-state index is 13.7. The van der Waals surface area contributed by atoms with Crippen LogP contribution in [0.1, 0.15) is 37.9 Å². The maximum Gasteiger partial charge on any atom is 0.338 e. The summed E-state index contributed by atoms with van der Waals surface area (Å²) in [5, 5.41) is 0.551. The van der Waals surface area contributed by atoms with Crippen molar-refractivity contribution in [3.05, 3.63) is 89.6 Å². The molecule has 8 nitrogen and oxygen atoms in total. The van der Waals surface area contributed by atoms with Crippen LogP contribution in [0.4, 0.5) is 0 Å². The lowest BCUT2D eigenvalue weighted by molar-refractivity contribution is -0.139. The van der Waals surface area contributed by atoms with Gasteiger partial charge in [-0.2, -0.15) is 0 Å². The number of thiazole rings is 1. The lowest BCUT2D eigenvalue weighted by atomic mass is 9.95. The Kier molecular flexibility index (Phi) is 7.42. The first-order valence-electron chi connectivity index (χ1n) is 11.0. The van der Waals surface area contributed by atoms with Crippen LogP contribution >= 0.6 is 22.9 Å². The van der Waals surface area contributed by atoms with E-state index in [4.69, 9.17) is 25.8 Å². The van der Waals surface area contributed by atoms with Crippen molar-refractivity contribution in [1.29, 1.82) is 0 Å². The highest BCUT2D eigenvalue weighted by molar-refractivity contribution is 7.07. The van der Waals surface area contributed by atoms with Crippen LogP contribution in [0.15, 0.2) is 63.5 Å². The summed E-state index contributed by atoms with van der Waals surface area (Å²) in [6, 6.07) is 11.2. The Morgan fingerprint density at radius 2 is 1.97 bits per heavy atom. The number of nitrogens with zero attached hydrogens (tertiary/aromatic N) is 2.